The molecule has 0 bridgehead atoms. The lowest BCUT2D eigenvalue weighted by Gasteiger charge is -2.21. The average molecular weight is 1500 g/mol. The Morgan fingerprint density at radius 3 is 0.808 bits per heavy atom. The van der Waals surface area contributed by atoms with Gasteiger partial charge in [0.1, 0.15) is 19.3 Å². The summed E-state index contributed by atoms with van der Waals surface area (Å²) >= 11 is 0. The topological polar surface area (TPSA) is 237 Å². The lowest BCUT2D eigenvalue weighted by molar-refractivity contribution is -0.161. The Morgan fingerprint density at radius 1 is 0.279 bits per heavy atom. The van der Waals surface area contributed by atoms with Crippen molar-refractivity contribution in [3.8, 4) is 0 Å². The fourth-order valence-corrected chi connectivity index (χ4v) is 12.5. The molecule has 0 aliphatic carbocycles. The van der Waals surface area contributed by atoms with Gasteiger partial charge >= 0.3 is 39.5 Å². The highest BCUT2D eigenvalue weighted by molar-refractivity contribution is 7.47. The lowest BCUT2D eigenvalue weighted by Crippen LogP contribution is -2.30. The number of allylic oxidation sites excluding steroid dienone is 18. The molecule has 0 radical (unpaired) electrons. The van der Waals surface area contributed by atoms with Crippen molar-refractivity contribution >= 4 is 39.5 Å². The molecule has 0 aromatic rings. The van der Waals surface area contributed by atoms with Crippen LogP contribution in [0.25, 0.3) is 0 Å². The molecule has 19 heteroatoms. The number of hydrogen-bond donors (Lipinski definition) is 3. The average Bonchev–Trinajstić information content (AvgIpc) is 0.943. The Balaban J connectivity index is 5.41. The zero-order chi connectivity index (χ0) is 76.0. The van der Waals surface area contributed by atoms with Crippen LogP contribution in [0.3, 0.4) is 0 Å². The molecule has 5 atom stereocenters. The molecule has 0 saturated carbocycles. The van der Waals surface area contributed by atoms with Crippen molar-refractivity contribution in [3.05, 3.63) is 109 Å². The van der Waals surface area contributed by atoms with E-state index in [4.69, 9.17) is 37.0 Å². The predicted molar refractivity (Wildman–Crippen MR) is 427 cm³/mol. The third-order valence-electron chi connectivity index (χ3n) is 17.2. The van der Waals surface area contributed by atoms with Crippen LogP contribution in [-0.2, 0) is 65.4 Å². The van der Waals surface area contributed by atoms with Crippen LogP contribution in [0.2, 0.25) is 0 Å². The quantitative estimate of drug-likeness (QED) is 0.0169. The third kappa shape index (κ3) is 75.9. The van der Waals surface area contributed by atoms with E-state index in [1.165, 1.54) is 83.5 Å². The van der Waals surface area contributed by atoms with E-state index < -0.39 is 97.5 Å². The molecule has 0 fully saturated rings. The zero-order valence-electron chi connectivity index (χ0n) is 65.7. The van der Waals surface area contributed by atoms with E-state index in [-0.39, 0.29) is 25.7 Å². The van der Waals surface area contributed by atoms with Gasteiger partial charge in [0.15, 0.2) is 12.2 Å². The Morgan fingerprint density at radius 2 is 0.500 bits per heavy atom. The van der Waals surface area contributed by atoms with E-state index in [2.05, 4.69) is 137 Å². The van der Waals surface area contributed by atoms with Gasteiger partial charge in [-0.2, -0.15) is 0 Å². The first-order chi connectivity index (χ1) is 50.7. The van der Waals surface area contributed by atoms with E-state index in [9.17, 15) is 43.2 Å². The summed E-state index contributed by atoms with van der Waals surface area (Å²) in [5.74, 6) is -2.22. The molecule has 0 saturated heterocycles. The van der Waals surface area contributed by atoms with E-state index in [1.54, 1.807) is 0 Å². The van der Waals surface area contributed by atoms with Crippen LogP contribution in [-0.4, -0.2) is 96.7 Å². The predicted octanol–water partition coefficient (Wildman–Crippen LogP) is 24.1. The Kier molecular flexibility index (Phi) is 73.7. The number of unbranched alkanes of at least 4 members (excludes halogenated alkanes) is 33. The summed E-state index contributed by atoms with van der Waals surface area (Å²) in [5.41, 5.74) is 0. The van der Waals surface area contributed by atoms with Crippen LogP contribution in [0.5, 0.6) is 0 Å². The van der Waals surface area contributed by atoms with Crippen molar-refractivity contribution in [2.24, 2.45) is 0 Å². The van der Waals surface area contributed by atoms with Gasteiger partial charge in [-0.25, -0.2) is 9.13 Å². The van der Waals surface area contributed by atoms with Gasteiger partial charge in [-0.15, -0.1) is 0 Å². The molecule has 0 spiro atoms. The maximum Gasteiger partial charge on any atom is 0.472 e. The maximum absolute atomic E-state index is 13.1. The molecule has 0 rings (SSSR count). The van der Waals surface area contributed by atoms with E-state index in [0.717, 1.165) is 186 Å². The van der Waals surface area contributed by atoms with Crippen molar-refractivity contribution in [1.29, 1.82) is 0 Å². The molecule has 0 aromatic heterocycles. The van der Waals surface area contributed by atoms with Gasteiger partial charge < -0.3 is 33.8 Å². The highest BCUT2D eigenvalue weighted by Crippen LogP contribution is 2.45. The minimum Gasteiger partial charge on any atom is -0.462 e. The van der Waals surface area contributed by atoms with Crippen LogP contribution in [0.15, 0.2) is 109 Å². The third-order valence-corrected chi connectivity index (χ3v) is 19.1. The Labute approximate surface area is 632 Å². The van der Waals surface area contributed by atoms with Crippen molar-refractivity contribution in [2.75, 3.05) is 39.6 Å². The first kappa shape index (κ1) is 99.7. The fourth-order valence-electron chi connectivity index (χ4n) is 10.9. The number of esters is 4. The smallest absolute Gasteiger partial charge is 0.462 e. The van der Waals surface area contributed by atoms with Gasteiger partial charge in [0, 0.05) is 25.7 Å². The van der Waals surface area contributed by atoms with E-state index >= 15 is 0 Å². The summed E-state index contributed by atoms with van der Waals surface area (Å²) in [6, 6.07) is 0. The number of rotatable bonds is 77. The molecule has 0 aromatic carbocycles. The number of aliphatic hydroxyl groups is 1. The Bertz CT molecular complexity index is 2390. The van der Waals surface area contributed by atoms with Crippen LogP contribution in [0, 0.1) is 0 Å². The van der Waals surface area contributed by atoms with Gasteiger partial charge in [-0.1, -0.05) is 278 Å². The van der Waals surface area contributed by atoms with E-state index in [1.807, 2.05) is 0 Å². The van der Waals surface area contributed by atoms with Crippen molar-refractivity contribution in [2.45, 2.75) is 367 Å². The van der Waals surface area contributed by atoms with Crippen molar-refractivity contribution in [3.63, 3.8) is 0 Å². The summed E-state index contributed by atoms with van der Waals surface area (Å²) in [5, 5.41) is 10.7. The molecule has 3 N–H and O–H groups in total. The SMILES string of the molecule is CC/C=C\C/C=C\C/C=C\C/C=C\C/C=C\CCCCCC(=O)O[C@H](COC(=O)CCCCCCCCC/C=C\CCCCCC)COP(=O)(O)OC[C@H](O)COP(=O)(O)OC[C@@H](COC(=O)CCCCCCC/C=C\C/C=C\CCCCC)OC(=O)CCCCCCCCC/C=C\CCCCCC. The number of carbonyl (C=O) groups is 4. The second kappa shape index (κ2) is 76.9. The zero-order valence-corrected chi connectivity index (χ0v) is 67.5. The van der Waals surface area contributed by atoms with Gasteiger partial charge in [0.05, 0.1) is 26.4 Å². The normalized spacial score (nSPS) is 14.4. The van der Waals surface area contributed by atoms with Crippen LogP contribution >= 0.6 is 15.6 Å². The van der Waals surface area contributed by atoms with Gasteiger partial charge in [0.25, 0.3) is 0 Å². The number of ether oxygens (including phenoxy) is 4. The minimum atomic E-state index is -4.99. The van der Waals surface area contributed by atoms with E-state index in [0.29, 0.717) is 25.7 Å². The molecule has 600 valence electrons. The summed E-state index contributed by atoms with van der Waals surface area (Å²) in [6.45, 7) is 4.69. The molecule has 0 aliphatic heterocycles. The van der Waals surface area contributed by atoms with Crippen molar-refractivity contribution in [1.82, 2.24) is 0 Å². The van der Waals surface area contributed by atoms with Crippen LogP contribution in [0.4, 0.5) is 0 Å². The molecule has 2 unspecified atom stereocenters. The minimum absolute atomic E-state index is 0.0542. The fraction of sp³-hybridized carbons (Fsp3) is 0.741. The number of hydrogen-bond acceptors (Lipinski definition) is 15. The van der Waals surface area contributed by atoms with Crippen LogP contribution in [0.1, 0.15) is 349 Å². The number of phosphoric acid groups is 2. The summed E-state index contributed by atoms with van der Waals surface area (Å²) in [6.07, 6.45) is 83.4. The first-order valence-electron chi connectivity index (χ1n) is 41.1. The molecule has 0 amide bonds. The highest BCUT2D eigenvalue weighted by Gasteiger charge is 2.30. The molecule has 0 aliphatic rings. The largest absolute Gasteiger partial charge is 0.472 e. The lowest BCUT2D eigenvalue weighted by atomic mass is 10.1. The Hall–Kier alpha value is -4.28. The van der Waals surface area contributed by atoms with Crippen molar-refractivity contribution < 1.29 is 80.2 Å². The molecule has 104 heavy (non-hydrogen) atoms. The second-order valence-electron chi connectivity index (χ2n) is 27.3. The number of carbonyl (C=O) groups excluding carboxylic acids is 4. The molecular formula is C85H148O17P2. The highest BCUT2D eigenvalue weighted by atomic mass is 31.2. The summed E-state index contributed by atoms with van der Waals surface area (Å²) in [4.78, 5) is 73.1. The first-order valence-corrected chi connectivity index (χ1v) is 44.1. The molecule has 17 nitrogen and oxygen atoms in total. The summed E-state index contributed by atoms with van der Waals surface area (Å²) < 4.78 is 68.7. The standard InChI is InChI=1S/C85H148O17P2/c1-5-9-13-17-21-25-29-33-37-38-39-40-44-48-52-56-60-64-68-72-85(90)102-81(76-96-83(88)70-66-62-58-54-50-46-42-35-31-27-23-19-15-11-7-3)78-100-104(93,94)98-74-79(86)73-97-103(91,92)99-77-80(101-84(89)71-67-63-59-55-51-47-43-36-32-28-24-20-16-12-8-4)75-95-82(87)69-65-61-57-53-49-45-41-34-30-26-22-18-14-10-6-2/h9,13,21-22,25-28,31-34,37,39-41,48,52,79-81,86H,5-8,10-12,14-20,23-24,29-30,35-36,38,42-47,49-51,53-78H2,1-4H3,(H,91,92)(H,93,94)/b13-9-,25-21-,26-22-,31-27-,32-28-,37-33-,40-39-,41-34-,52-48-/t79-,80-,81-/m1/s1. The number of aliphatic hydroxyl groups excluding tert-OH is 1. The summed E-state index contributed by atoms with van der Waals surface area (Å²) in [7, 11) is -9.97. The monoisotopic (exact) mass is 1500 g/mol. The van der Waals surface area contributed by atoms with Crippen LogP contribution < -0.4 is 0 Å². The molecular weight excluding hydrogens is 1350 g/mol. The second-order valence-corrected chi connectivity index (χ2v) is 30.2. The number of phosphoric ester groups is 2. The van der Waals surface area contributed by atoms with Gasteiger partial charge in [0.2, 0.25) is 0 Å². The maximum atomic E-state index is 13.1. The van der Waals surface area contributed by atoms with Gasteiger partial charge in [-0.05, 0) is 154 Å². The van der Waals surface area contributed by atoms with Gasteiger partial charge in [-0.3, -0.25) is 37.3 Å². The molecule has 0 heterocycles.